The van der Waals surface area contributed by atoms with Gasteiger partial charge in [0.2, 0.25) is 5.71 Å². The van der Waals surface area contributed by atoms with Gasteiger partial charge in [0.05, 0.1) is 11.4 Å². The summed E-state index contributed by atoms with van der Waals surface area (Å²) in [5, 5.41) is 2.15. The molecule has 0 saturated heterocycles. The Bertz CT molecular complexity index is 1950. The van der Waals surface area contributed by atoms with Crippen molar-refractivity contribution >= 4 is 22.1 Å². The maximum absolute atomic E-state index is 6.51. The van der Waals surface area contributed by atoms with Crippen LogP contribution in [-0.4, -0.2) is 14.5 Å². The molecule has 0 aliphatic carbocycles. The van der Waals surface area contributed by atoms with Gasteiger partial charge >= 0.3 is 0 Å². The lowest BCUT2D eigenvalue weighted by Gasteiger charge is -2.26. The van der Waals surface area contributed by atoms with Crippen molar-refractivity contribution in [2.45, 2.75) is 65.7 Å². The number of rotatable bonds is 3. The summed E-state index contributed by atoms with van der Waals surface area (Å²) in [5.41, 5.74) is 12.0. The molecule has 4 heteroatoms. The molecule has 1 aliphatic rings. The summed E-state index contributed by atoms with van der Waals surface area (Å²) in [5.74, 6) is 1.66. The summed E-state index contributed by atoms with van der Waals surface area (Å²) < 4.78 is 8.87. The number of imidazole rings is 1. The molecule has 0 spiro atoms. The topological polar surface area (TPSA) is 43.9 Å². The normalized spacial score (nSPS) is 14.8. The molecule has 0 saturated carbocycles. The van der Waals surface area contributed by atoms with E-state index in [-0.39, 0.29) is 5.92 Å². The predicted molar refractivity (Wildman–Crippen MR) is 164 cm³/mol. The minimum absolute atomic E-state index is 0.269. The van der Waals surface area contributed by atoms with E-state index in [2.05, 4.69) is 119 Å². The van der Waals surface area contributed by atoms with Crippen molar-refractivity contribution in [2.75, 3.05) is 0 Å². The minimum atomic E-state index is -0.417. The van der Waals surface area contributed by atoms with E-state index in [9.17, 15) is 0 Å². The van der Waals surface area contributed by atoms with Crippen LogP contribution < -0.4 is 0 Å². The molecule has 0 amide bonds. The Kier molecular flexibility index (Phi) is 5.38. The van der Waals surface area contributed by atoms with E-state index < -0.39 is 5.41 Å². The smallest absolute Gasteiger partial charge is 0.227 e. The van der Waals surface area contributed by atoms with Crippen LogP contribution in [0.25, 0.3) is 39.1 Å². The number of hydrogen-bond acceptors (Lipinski definition) is 3. The standard InChI is InChI=1S/C36H35N3O/c1-20(2)24-13-10-14-26-23(5)25-11-8-9-12-28(25)34-38-30(19-39(34)32(24)26)36(6,7)31-21(3)15-17-27-29-18-16-22(4)37-35(29)40-33(27)31/h8-20,23H,1-7H3. The number of fused-ring (bicyclic) bond motifs is 8. The third-order valence-corrected chi connectivity index (χ3v) is 8.92. The van der Waals surface area contributed by atoms with Gasteiger partial charge in [-0.15, -0.1) is 0 Å². The van der Waals surface area contributed by atoms with Gasteiger partial charge in [0, 0.05) is 45.1 Å². The number of nitrogens with zero attached hydrogens (tertiary/aromatic N) is 3. The Balaban J connectivity index is 1.52. The van der Waals surface area contributed by atoms with Crippen LogP contribution in [0.5, 0.6) is 0 Å². The highest BCUT2D eigenvalue weighted by Gasteiger charge is 2.35. The summed E-state index contributed by atoms with van der Waals surface area (Å²) in [6, 6.07) is 24.1. The first-order chi connectivity index (χ1) is 19.2. The zero-order chi connectivity index (χ0) is 27.9. The number of para-hydroxylation sites is 1. The average molecular weight is 526 g/mol. The highest BCUT2D eigenvalue weighted by atomic mass is 16.3. The van der Waals surface area contributed by atoms with Crippen LogP contribution in [0.1, 0.15) is 85.7 Å². The van der Waals surface area contributed by atoms with Gasteiger partial charge in [-0.3, -0.25) is 4.57 Å². The van der Waals surface area contributed by atoms with Gasteiger partial charge in [0.25, 0.3) is 0 Å². The second-order valence-electron chi connectivity index (χ2n) is 12.2. The van der Waals surface area contributed by atoms with E-state index in [1.165, 1.54) is 33.5 Å². The highest BCUT2D eigenvalue weighted by Crippen LogP contribution is 2.46. The first kappa shape index (κ1) is 24.8. The van der Waals surface area contributed by atoms with Gasteiger partial charge < -0.3 is 4.42 Å². The Morgan fingerprint density at radius 1 is 0.850 bits per heavy atom. The van der Waals surface area contributed by atoms with Crippen molar-refractivity contribution in [3.8, 4) is 17.1 Å². The largest absolute Gasteiger partial charge is 0.437 e. The lowest BCUT2D eigenvalue weighted by molar-refractivity contribution is 0.588. The van der Waals surface area contributed by atoms with Gasteiger partial charge in [-0.1, -0.05) is 75.4 Å². The van der Waals surface area contributed by atoms with E-state index in [0.29, 0.717) is 11.6 Å². The number of pyridine rings is 1. The lowest BCUT2D eigenvalue weighted by atomic mass is 9.78. The maximum atomic E-state index is 6.51. The summed E-state index contributed by atoms with van der Waals surface area (Å²) in [6.07, 6.45) is 2.28. The van der Waals surface area contributed by atoms with Crippen molar-refractivity contribution in [3.05, 3.63) is 112 Å². The van der Waals surface area contributed by atoms with Crippen molar-refractivity contribution < 1.29 is 4.42 Å². The number of benzene rings is 3. The van der Waals surface area contributed by atoms with E-state index in [0.717, 1.165) is 39.1 Å². The molecular weight excluding hydrogens is 490 g/mol. The summed E-state index contributed by atoms with van der Waals surface area (Å²) in [7, 11) is 0. The molecule has 4 nitrogen and oxygen atoms in total. The molecule has 0 N–H and O–H groups in total. The van der Waals surface area contributed by atoms with E-state index in [4.69, 9.17) is 14.4 Å². The van der Waals surface area contributed by atoms with E-state index in [1.807, 2.05) is 6.92 Å². The van der Waals surface area contributed by atoms with Gasteiger partial charge in [0.1, 0.15) is 11.4 Å². The maximum Gasteiger partial charge on any atom is 0.227 e. The van der Waals surface area contributed by atoms with Crippen LogP contribution in [0.2, 0.25) is 0 Å². The van der Waals surface area contributed by atoms with Crippen molar-refractivity contribution in [3.63, 3.8) is 0 Å². The van der Waals surface area contributed by atoms with E-state index >= 15 is 0 Å². The third-order valence-electron chi connectivity index (χ3n) is 8.92. The van der Waals surface area contributed by atoms with Crippen molar-refractivity contribution in [2.24, 2.45) is 0 Å². The second-order valence-corrected chi connectivity index (χ2v) is 12.2. The average Bonchev–Trinajstić information content (AvgIpc) is 3.51. The fourth-order valence-corrected chi connectivity index (χ4v) is 6.78. The Morgan fingerprint density at radius 3 is 2.40 bits per heavy atom. The molecule has 6 aromatic rings. The molecule has 200 valence electrons. The number of aryl methyl sites for hydroxylation is 2. The summed E-state index contributed by atoms with van der Waals surface area (Å²) in [4.78, 5) is 10.2. The van der Waals surface area contributed by atoms with Gasteiger partial charge in [-0.2, -0.15) is 0 Å². The van der Waals surface area contributed by atoms with Crippen LogP contribution in [0, 0.1) is 13.8 Å². The molecule has 0 fully saturated rings. The summed E-state index contributed by atoms with van der Waals surface area (Å²) >= 11 is 0. The van der Waals surface area contributed by atoms with E-state index in [1.54, 1.807) is 0 Å². The second kappa shape index (κ2) is 8.66. The van der Waals surface area contributed by atoms with Crippen LogP contribution in [-0.2, 0) is 5.41 Å². The molecule has 7 rings (SSSR count). The molecule has 1 unspecified atom stereocenters. The quantitative estimate of drug-likeness (QED) is 0.231. The van der Waals surface area contributed by atoms with Crippen LogP contribution >= 0.6 is 0 Å². The van der Waals surface area contributed by atoms with Gasteiger partial charge in [-0.25, -0.2) is 9.97 Å². The molecule has 40 heavy (non-hydrogen) atoms. The first-order valence-corrected chi connectivity index (χ1v) is 14.3. The number of furan rings is 1. The summed E-state index contributed by atoms with van der Waals surface area (Å²) in [6.45, 7) is 15.6. The molecule has 0 bridgehead atoms. The van der Waals surface area contributed by atoms with Gasteiger partial charge in [0.15, 0.2) is 0 Å². The molecule has 4 heterocycles. The minimum Gasteiger partial charge on any atom is -0.437 e. The van der Waals surface area contributed by atoms with Crippen LogP contribution in [0.3, 0.4) is 0 Å². The van der Waals surface area contributed by atoms with Crippen LogP contribution in [0.4, 0.5) is 0 Å². The Hall–Kier alpha value is -4.18. The zero-order valence-electron chi connectivity index (χ0n) is 24.3. The Morgan fingerprint density at radius 2 is 1.60 bits per heavy atom. The van der Waals surface area contributed by atoms with Crippen molar-refractivity contribution in [1.82, 2.24) is 14.5 Å². The van der Waals surface area contributed by atoms with Gasteiger partial charge in [-0.05, 0) is 68.0 Å². The SMILES string of the molecule is Cc1ccc2c(n1)oc1c(C(C)(C)c3cn4c(n3)-c3ccccc3C(C)c3cccc(C(C)C)c3-4)c(C)ccc12. The fraction of sp³-hybridized carbons (Fsp3) is 0.278. The number of aromatic nitrogens is 3. The number of hydrogen-bond donors (Lipinski definition) is 0. The molecule has 0 radical (unpaired) electrons. The zero-order valence-corrected chi connectivity index (χ0v) is 24.3. The highest BCUT2D eigenvalue weighted by molar-refractivity contribution is 6.05. The lowest BCUT2D eigenvalue weighted by Crippen LogP contribution is -2.21. The Labute approximate surface area is 235 Å². The fourth-order valence-electron chi connectivity index (χ4n) is 6.78. The third kappa shape index (κ3) is 3.45. The van der Waals surface area contributed by atoms with Crippen LogP contribution in [0.15, 0.2) is 77.3 Å². The monoisotopic (exact) mass is 525 g/mol. The molecule has 1 atom stereocenters. The molecule has 3 aromatic heterocycles. The predicted octanol–water partition coefficient (Wildman–Crippen LogP) is 9.37. The first-order valence-electron chi connectivity index (χ1n) is 14.3. The van der Waals surface area contributed by atoms with Crippen molar-refractivity contribution in [1.29, 1.82) is 0 Å². The molecule has 1 aliphatic heterocycles. The molecule has 3 aromatic carbocycles. The molecular formula is C36H35N3O.